The van der Waals surface area contributed by atoms with Crippen molar-refractivity contribution in [2.75, 3.05) is 45.9 Å². The average Bonchev–Trinajstić information content (AvgIpc) is 3.13. The van der Waals surface area contributed by atoms with Crippen molar-refractivity contribution in [1.29, 1.82) is 0 Å². The van der Waals surface area contributed by atoms with Gasteiger partial charge in [-0.2, -0.15) is 0 Å². The first kappa shape index (κ1) is 17.8. The Morgan fingerprint density at radius 1 is 1.24 bits per heavy atom. The molecule has 25 heavy (non-hydrogen) atoms. The zero-order valence-corrected chi connectivity index (χ0v) is 15.2. The van der Waals surface area contributed by atoms with Crippen molar-refractivity contribution < 1.29 is 14.6 Å². The number of amides is 1. The Balaban J connectivity index is 1.64. The summed E-state index contributed by atoms with van der Waals surface area (Å²) in [4.78, 5) is 21.2. The minimum absolute atomic E-state index is 0.0166. The van der Waals surface area contributed by atoms with E-state index in [1.165, 1.54) is 11.3 Å². The summed E-state index contributed by atoms with van der Waals surface area (Å²) in [5.41, 5.74) is 1.49. The molecule has 1 aromatic heterocycles. The van der Waals surface area contributed by atoms with Gasteiger partial charge in [0.15, 0.2) is 0 Å². The van der Waals surface area contributed by atoms with Gasteiger partial charge < -0.3 is 14.7 Å². The van der Waals surface area contributed by atoms with Crippen LogP contribution in [0.15, 0.2) is 29.6 Å². The van der Waals surface area contributed by atoms with Gasteiger partial charge in [0.05, 0.1) is 13.2 Å². The predicted octanol–water partition coefficient (Wildman–Crippen LogP) is 1.96. The Morgan fingerprint density at radius 3 is 2.60 bits per heavy atom. The standard InChI is InChI=1S/C18H23N3O3S/c1-2-24-15-5-3-14(4-6-15)17-19-16(13-25-17)18(23)21-9-7-20(8-10-21)11-12-22/h3-6,13,22H,2,7-12H2,1H3. The molecule has 1 amide bonds. The molecule has 7 heteroatoms. The number of piperazine rings is 1. The summed E-state index contributed by atoms with van der Waals surface area (Å²) in [7, 11) is 0. The van der Waals surface area contributed by atoms with Crippen LogP contribution in [0.25, 0.3) is 10.6 Å². The maximum Gasteiger partial charge on any atom is 0.273 e. The van der Waals surface area contributed by atoms with Gasteiger partial charge >= 0.3 is 0 Å². The summed E-state index contributed by atoms with van der Waals surface area (Å²) in [5.74, 6) is 0.817. The number of ether oxygens (including phenoxy) is 1. The molecule has 2 aromatic rings. The number of hydrogen-bond donors (Lipinski definition) is 1. The number of nitrogens with zero attached hydrogens (tertiary/aromatic N) is 3. The zero-order valence-electron chi connectivity index (χ0n) is 14.4. The highest BCUT2D eigenvalue weighted by Gasteiger charge is 2.23. The second kappa shape index (κ2) is 8.42. The average molecular weight is 361 g/mol. The molecule has 0 atom stereocenters. The topological polar surface area (TPSA) is 65.9 Å². The first-order valence-corrected chi connectivity index (χ1v) is 9.40. The summed E-state index contributed by atoms with van der Waals surface area (Å²) in [6, 6.07) is 7.77. The number of β-amino-alcohol motifs (C(OH)–C–C–N with tert-alkyl or cyclic N) is 1. The van der Waals surface area contributed by atoms with E-state index in [9.17, 15) is 4.79 Å². The first-order chi connectivity index (χ1) is 12.2. The third-order valence-electron chi connectivity index (χ3n) is 4.21. The molecule has 1 saturated heterocycles. The molecule has 6 nitrogen and oxygen atoms in total. The van der Waals surface area contributed by atoms with Crippen LogP contribution < -0.4 is 4.74 Å². The Kier molecular flexibility index (Phi) is 6.01. The number of aliphatic hydroxyl groups is 1. The largest absolute Gasteiger partial charge is 0.494 e. The fourth-order valence-electron chi connectivity index (χ4n) is 2.84. The second-order valence-corrected chi connectivity index (χ2v) is 6.71. The minimum Gasteiger partial charge on any atom is -0.494 e. The van der Waals surface area contributed by atoms with Crippen LogP contribution in [0.2, 0.25) is 0 Å². The third kappa shape index (κ3) is 4.36. The van der Waals surface area contributed by atoms with Crippen molar-refractivity contribution in [3.8, 4) is 16.3 Å². The quantitative estimate of drug-likeness (QED) is 0.852. The van der Waals surface area contributed by atoms with Crippen LogP contribution in [0.4, 0.5) is 0 Å². The normalized spacial score (nSPS) is 15.4. The van der Waals surface area contributed by atoms with Gasteiger partial charge in [-0.1, -0.05) is 0 Å². The molecule has 134 valence electrons. The molecule has 1 aliphatic heterocycles. The molecule has 0 saturated carbocycles. The van der Waals surface area contributed by atoms with Gasteiger partial charge in [-0.15, -0.1) is 11.3 Å². The molecule has 0 aliphatic carbocycles. The maximum absolute atomic E-state index is 12.6. The van der Waals surface area contributed by atoms with E-state index in [2.05, 4.69) is 9.88 Å². The third-order valence-corrected chi connectivity index (χ3v) is 5.10. The molecular weight excluding hydrogens is 338 g/mol. The Bertz CT molecular complexity index is 694. The summed E-state index contributed by atoms with van der Waals surface area (Å²) < 4.78 is 5.45. The lowest BCUT2D eigenvalue weighted by Gasteiger charge is -2.33. The second-order valence-electron chi connectivity index (χ2n) is 5.85. The van der Waals surface area contributed by atoms with Crippen molar-refractivity contribution in [1.82, 2.24) is 14.8 Å². The summed E-state index contributed by atoms with van der Waals surface area (Å²) in [6.45, 7) is 6.36. The molecule has 1 fully saturated rings. The lowest BCUT2D eigenvalue weighted by atomic mass is 10.2. The fourth-order valence-corrected chi connectivity index (χ4v) is 3.64. The van der Waals surface area contributed by atoms with Crippen LogP contribution in [0.1, 0.15) is 17.4 Å². The van der Waals surface area contributed by atoms with Crippen LogP contribution in [0, 0.1) is 0 Å². The van der Waals surface area contributed by atoms with E-state index < -0.39 is 0 Å². The maximum atomic E-state index is 12.6. The number of carbonyl (C=O) groups is 1. The number of benzene rings is 1. The van der Waals surface area contributed by atoms with Crippen molar-refractivity contribution in [2.45, 2.75) is 6.92 Å². The van der Waals surface area contributed by atoms with Gasteiger partial charge in [-0.25, -0.2) is 4.98 Å². The predicted molar refractivity (Wildman–Crippen MR) is 98.1 cm³/mol. The van der Waals surface area contributed by atoms with Crippen LogP contribution in [0.3, 0.4) is 0 Å². The molecule has 3 rings (SSSR count). The van der Waals surface area contributed by atoms with Crippen molar-refractivity contribution in [3.63, 3.8) is 0 Å². The number of rotatable bonds is 6. The van der Waals surface area contributed by atoms with E-state index in [0.29, 0.717) is 31.9 Å². The lowest BCUT2D eigenvalue weighted by Crippen LogP contribution is -2.49. The molecule has 2 heterocycles. The van der Waals surface area contributed by atoms with Gasteiger partial charge in [0.2, 0.25) is 0 Å². The summed E-state index contributed by atoms with van der Waals surface area (Å²) >= 11 is 1.48. The molecule has 1 aliphatic rings. The molecule has 0 unspecified atom stereocenters. The van der Waals surface area contributed by atoms with Crippen LogP contribution in [-0.4, -0.2) is 71.7 Å². The van der Waals surface area contributed by atoms with Crippen molar-refractivity contribution >= 4 is 17.2 Å². The number of carbonyl (C=O) groups excluding carboxylic acids is 1. The van der Waals surface area contributed by atoms with Crippen LogP contribution >= 0.6 is 11.3 Å². The van der Waals surface area contributed by atoms with E-state index >= 15 is 0 Å². The highest BCUT2D eigenvalue weighted by atomic mass is 32.1. The summed E-state index contributed by atoms with van der Waals surface area (Å²) in [6.07, 6.45) is 0. The summed E-state index contributed by atoms with van der Waals surface area (Å²) in [5, 5.41) is 11.7. The van der Waals surface area contributed by atoms with Gasteiger partial charge in [-0.3, -0.25) is 9.69 Å². The highest BCUT2D eigenvalue weighted by molar-refractivity contribution is 7.13. The fraction of sp³-hybridized carbons (Fsp3) is 0.444. The van der Waals surface area contributed by atoms with Crippen molar-refractivity contribution in [3.05, 3.63) is 35.3 Å². The van der Waals surface area contributed by atoms with E-state index in [4.69, 9.17) is 9.84 Å². The Morgan fingerprint density at radius 2 is 1.96 bits per heavy atom. The molecule has 0 spiro atoms. The highest BCUT2D eigenvalue weighted by Crippen LogP contribution is 2.26. The number of aliphatic hydroxyl groups excluding tert-OH is 1. The SMILES string of the molecule is CCOc1ccc(-c2nc(C(=O)N3CCN(CCO)CC3)cs2)cc1. The number of aromatic nitrogens is 1. The van der Waals surface area contributed by atoms with E-state index in [1.807, 2.05) is 41.5 Å². The van der Waals surface area contributed by atoms with Crippen molar-refractivity contribution in [2.24, 2.45) is 0 Å². The Labute approximate surface area is 151 Å². The smallest absolute Gasteiger partial charge is 0.273 e. The van der Waals surface area contributed by atoms with Gasteiger partial charge in [0.25, 0.3) is 5.91 Å². The van der Waals surface area contributed by atoms with E-state index in [1.54, 1.807) is 0 Å². The Hall–Kier alpha value is -1.96. The molecule has 1 N–H and O–H groups in total. The molecule has 0 bridgehead atoms. The minimum atomic E-state index is -0.0166. The molecule has 1 aromatic carbocycles. The molecular formula is C18H23N3O3S. The van der Waals surface area contributed by atoms with Gasteiger partial charge in [-0.05, 0) is 31.2 Å². The van der Waals surface area contributed by atoms with E-state index in [-0.39, 0.29) is 12.5 Å². The van der Waals surface area contributed by atoms with Crippen LogP contribution in [0.5, 0.6) is 5.75 Å². The molecule has 0 radical (unpaired) electrons. The lowest BCUT2D eigenvalue weighted by molar-refractivity contribution is 0.0610. The number of hydrogen-bond acceptors (Lipinski definition) is 6. The number of thiazole rings is 1. The van der Waals surface area contributed by atoms with Gasteiger partial charge in [0.1, 0.15) is 16.5 Å². The van der Waals surface area contributed by atoms with Crippen LogP contribution in [-0.2, 0) is 0 Å². The first-order valence-electron chi connectivity index (χ1n) is 8.52. The zero-order chi connectivity index (χ0) is 17.6. The van der Waals surface area contributed by atoms with E-state index in [0.717, 1.165) is 29.4 Å². The van der Waals surface area contributed by atoms with Gasteiger partial charge in [0, 0.05) is 43.7 Å². The monoisotopic (exact) mass is 361 g/mol.